The summed E-state index contributed by atoms with van der Waals surface area (Å²) in [4.78, 5) is 31.6. The molecule has 3 N–H and O–H groups in total. The summed E-state index contributed by atoms with van der Waals surface area (Å²) in [7, 11) is 1.49. The van der Waals surface area contributed by atoms with Crippen LogP contribution < -0.4 is 15.8 Å². The van der Waals surface area contributed by atoms with E-state index in [0.29, 0.717) is 22.7 Å². The lowest BCUT2D eigenvalue weighted by molar-refractivity contribution is -0.140. The highest BCUT2D eigenvalue weighted by atomic mass is 16.7. The number of oxime groups is 1. The monoisotopic (exact) mass is 328 g/mol. The van der Waals surface area contributed by atoms with Crippen LogP contribution in [0.25, 0.3) is 0 Å². The normalized spacial score (nSPS) is 10.8. The Morgan fingerprint density at radius 2 is 1.96 bits per heavy atom. The van der Waals surface area contributed by atoms with Gasteiger partial charge in [-0.2, -0.15) is 0 Å². The molecule has 24 heavy (non-hydrogen) atoms. The zero-order chi connectivity index (χ0) is 17.5. The van der Waals surface area contributed by atoms with Gasteiger partial charge in [0.25, 0.3) is 5.91 Å². The van der Waals surface area contributed by atoms with Gasteiger partial charge in [-0.25, -0.2) is 9.78 Å². The van der Waals surface area contributed by atoms with Crippen molar-refractivity contribution in [1.82, 2.24) is 4.98 Å². The fourth-order valence-electron chi connectivity index (χ4n) is 1.81. The Hall–Kier alpha value is -3.42. The molecule has 1 aromatic heterocycles. The first kappa shape index (κ1) is 16.9. The quantitative estimate of drug-likeness (QED) is 0.372. The molecule has 124 valence electrons. The minimum absolute atomic E-state index is 0.0334. The molecular formula is C16H16N4O4. The maximum absolute atomic E-state index is 12.3. The third-order valence-corrected chi connectivity index (χ3v) is 2.93. The maximum atomic E-state index is 12.3. The molecule has 1 heterocycles. The summed E-state index contributed by atoms with van der Waals surface area (Å²) in [5.74, 6) is -0.597. The molecule has 0 radical (unpaired) electrons. The largest absolute Gasteiger partial charge is 0.481 e. The fourth-order valence-corrected chi connectivity index (χ4v) is 1.81. The van der Waals surface area contributed by atoms with Crippen LogP contribution in [0.15, 0.2) is 47.8 Å². The smallest absolute Gasteiger partial charge is 0.332 e. The summed E-state index contributed by atoms with van der Waals surface area (Å²) >= 11 is 0. The molecule has 2 aromatic rings. The van der Waals surface area contributed by atoms with Crippen LogP contribution in [0.4, 0.5) is 5.69 Å². The van der Waals surface area contributed by atoms with Crippen molar-refractivity contribution in [2.24, 2.45) is 10.9 Å². The van der Waals surface area contributed by atoms with Crippen LogP contribution in [0.3, 0.4) is 0 Å². The summed E-state index contributed by atoms with van der Waals surface area (Å²) in [5, 5.41) is 6.23. The van der Waals surface area contributed by atoms with Gasteiger partial charge in [0.1, 0.15) is 0 Å². The third-order valence-electron chi connectivity index (χ3n) is 2.93. The van der Waals surface area contributed by atoms with Gasteiger partial charge in [0.05, 0.1) is 18.4 Å². The lowest BCUT2D eigenvalue weighted by atomic mass is 10.1. The number of amides is 1. The number of ether oxygens (including phenoxy) is 1. The van der Waals surface area contributed by atoms with E-state index >= 15 is 0 Å². The molecule has 0 fully saturated rings. The first-order chi connectivity index (χ1) is 11.5. The molecule has 2 rings (SSSR count). The molecule has 0 saturated carbocycles. The van der Waals surface area contributed by atoms with Crippen molar-refractivity contribution in [2.75, 3.05) is 12.4 Å². The second-order valence-corrected chi connectivity index (χ2v) is 4.65. The number of benzene rings is 1. The highest BCUT2D eigenvalue weighted by Crippen LogP contribution is 2.16. The van der Waals surface area contributed by atoms with E-state index in [1.54, 1.807) is 36.4 Å². The van der Waals surface area contributed by atoms with Crippen molar-refractivity contribution >= 4 is 23.4 Å². The Labute approximate surface area is 138 Å². The van der Waals surface area contributed by atoms with E-state index in [1.807, 2.05) is 0 Å². The molecular weight excluding hydrogens is 312 g/mol. The minimum Gasteiger partial charge on any atom is -0.481 e. The Bertz CT molecular complexity index is 772. The number of carbonyl (C=O) groups is 2. The van der Waals surface area contributed by atoms with E-state index in [0.717, 1.165) is 0 Å². The number of anilines is 1. The number of carbonyl (C=O) groups excluding carboxylic acids is 2. The number of aromatic nitrogens is 1. The molecule has 0 bridgehead atoms. The van der Waals surface area contributed by atoms with Crippen LogP contribution in [0.5, 0.6) is 5.88 Å². The van der Waals surface area contributed by atoms with E-state index in [1.165, 1.54) is 20.2 Å². The number of nitrogens with zero attached hydrogens (tertiary/aromatic N) is 2. The minimum atomic E-state index is -0.594. The van der Waals surface area contributed by atoms with Crippen molar-refractivity contribution in [3.8, 4) is 5.88 Å². The maximum Gasteiger partial charge on any atom is 0.332 e. The topological polar surface area (TPSA) is 116 Å². The summed E-state index contributed by atoms with van der Waals surface area (Å²) < 4.78 is 4.95. The van der Waals surface area contributed by atoms with Crippen LogP contribution in [0.1, 0.15) is 22.8 Å². The van der Waals surface area contributed by atoms with E-state index in [4.69, 9.17) is 10.5 Å². The molecule has 0 unspecified atom stereocenters. The van der Waals surface area contributed by atoms with E-state index < -0.39 is 5.97 Å². The number of para-hydroxylation sites is 1. The Morgan fingerprint density at radius 1 is 1.21 bits per heavy atom. The first-order valence-electron chi connectivity index (χ1n) is 6.93. The van der Waals surface area contributed by atoms with Crippen molar-refractivity contribution in [3.63, 3.8) is 0 Å². The van der Waals surface area contributed by atoms with Gasteiger partial charge in [-0.3, -0.25) is 4.79 Å². The van der Waals surface area contributed by atoms with Gasteiger partial charge >= 0.3 is 5.97 Å². The Kier molecular flexibility index (Phi) is 5.45. The summed E-state index contributed by atoms with van der Waals surface area (Å²) in [6.45, 7) is 1.21. The Balaban J connectivity index is 2.21. The molecule has 0 aliphatic heterocycles. The Morgan fingerprint density at radius 3 is 2.58 bits per heavy atom. The molecule has 0 aliphatic rings. The van der Waals surface area contributed by atoms with Crippen molar-refractivity contribution in [2.45, 2.75) is 6.92 Å². The van der Waals surface area contributed by atoms with Crippen LogP contribution >= 0.6 is 0 Å². The highest BCUT2D eigenvalue weighted by molar-refractivity contribution is 6.09. The lowest BCUT2D eigenvalue weighted by Gasteiger charge is -2.10. The fraction of sp³-hybridized carbons (Fsp3) is 0.125. The third kappa shape index (κ3) is 4.29. The van der Waals surface area contributed by atoms with Gasteiger partial charge in [0, 0.05) is 24.8 Å². The van der Waals surface area contributed by atoms with E-state index in [2.05, 4.69) is 20.3 Å². The lowest BCUT2D eigenvalue weighted by Crippen LogP contribution is -2.20. The summed E-state index contributed by atoms with van der Waals surface area (Å²) in [6.07, 6.45) is 1.40. The van der Waals surface area contributed by atoms with Gasteiger partial charge < -0.3 is 20.6 Å². The average Bonchev–Trinajstić information content (AvgIpc) is 2.60. The van der Waals surface area contributed by atoms with Crippen molar-refractivity contribution < 1.29 is 19.2 Å². The molecule has 1 amide bonds. The molecule has 0 saturated heterocycles. The molecule has 8 nitrogen and oxygen atoms in total. The van der Waals surface area contributed by atoms with Crippen LogP contribution in [0, 0.1) is 0 Å². The molecule has 8 heteroatoms. The zero-order valence-corrected chi connectivity index (χ0v) is 13.1. The van der Waals surface area contributed by atoms with E-state index in [9.17, 15) is 9.59 Å². The first-order valence-corrected chi connectivity index (χ1v) is 6.93. The predicted octanol–water partition coefficient (Wildman–Crippen LogP) is 1.53. The summed E-state index contributed by atoms with van der Waals surface area (Å²) in [5.41, 5.74) is 6.98. The zero-order valence-electron chi connectivity index (χ0n) is 13.1. The summed E-state index contributed by atoms with van der Waals surface area (Å²) in [6, 6.07) is 9.91. The van der Waals surface area contributed by atoms with Crippen LogP contribution in [0.2, 0.25) is 0 Å². The number of nitrogens with one attached hydrogen (secondary N) is 1. The van der Waals surface area contributed by atoms with Gasteiger partial charge in [-0.15, -0.1) is 0 Å². The molecule has 0 atom stereocenters. The van der Waals surface area contributed by atoms with Crippen LogP contribution in [-0.4, -0.2) is 29.8 Å². The van der Waals surface area contributed by atoms with Crippen molar-refractivity contribution in [1.29, 1.82) is 0 Å². The molecule has 1 aromatic carbocycles. The van der Waals surface area contributed by atoms with Gasteiger partial charge in [0.15, 0.2) is 5.84 Å². The SMILES string of the molecule is COc1ccc(C(=O)Nc2ccccc2/C(N)=N/OC(C)=O)cn1. The van der Waals surface area contributed by atoms with Crippen molar-refractivity contribution in [3.05, 3.63) is 53.7 Å². The van der Waals surface area contributed by atoms with E-state index in [-0.39, 0.29) is 11.7 Å². The second kappa shape index (κ2) is 7.73. The number of pyridine rings is 1. The average molecular weight is 328 g/mol. The predicted molar refractivity (Wildman–Crippen MR) is 87.7 cm³/mol. The standard InChI is InChI=1S/C16H16N4O4/c1-10(21)24-20-15(17)12-5-3-4-6-13(12)19-16(22)11-7-8-14(23-2)18-9-11/h3-9H,1-2H3,(H2,17,20)(H,19,22). The molecule has 0 aliphatic carbocycles. The number of nitrogens with two attached hydrogens (primary N) is 1. The van der Waals surface area contributed by atoms with Crippen LogP contribution in [-0.2, 0) is 9.63 Å². The highest BCUT2D eigenvalue weighted by Gasteiger charge is 2.12. The second-order valence-electron chi connectivity index (χ2n) is 4.65. The number of hydrogen-bond acceptors (Lipinski definition) is 6. The van der Waals surface area contributed by atoms with Gasteiger partial charge in [0.2, 0.25) is 5.88 Å². The van der Waals surface area contributed by atoms with Gasteiger partial charge in [-0.1, -0.05) is 17.3 Å². The number of hydrogen-bond donors (Lipinski definition) is 2. The molecule has 0 spiro atoms. The van der Waals surface area contributed by atoms with Gasteiger partial charge in [-0.05, 0) is 18.2 Å². The number of amidine groups is 1. The number of rotatable bonds is 5. The number of methoxy groups -OCH3 is 1.